The second-order valence-electron chi connectivity index (χ2n) is 5.17. The molecule has 0 bridgehead atoms. The summed E-state index contributed by atoms with van der Waals surface area (Å²) < 4.78 is 4.91. The van der Waals surface area contributed by atoms with Gasteiger partial charge >= 0.3 is 5.97 Å². The number of carbonyl (C=O) groups excluding carboxylic acids is 2. The molecular weight excluding hydrogens is 336 g/mol. The molecule has 0 saturated carbocycles. The van der Waals surface area contributed by atoms with Crippen LogP contribution in [0, 0.1) is 0 Å². The SMILES string of the molecule is COC(=O)C1=C(C)N=C2SCCC(=O)N2[C@@H]1c1ccccc1Cl. The standard InChI is InChI=1S/C16H15ClN2O3S/c1-9-13(15(21)22-2)14(10-5-3-4-6-11(10)17)19-12(20)7-8-23-16(19)18-9/h3-6,14H,7-8H2,1-2H3/t14-/m1/s1. The number of halogens is 1. The maximum atomic E-state index is 12.5. The van der Waals surface area contributed by atoms with Crippen LogP contribution in [-0.4, -0.2) is 34.8 Å². The van der Waals surface area contributed by atoms with Gasteiger partial charge < -0.3 is 4.74 Å². The first-order valence-corrected chi connectivity index (χ1v) is 8.48. The number of rotatable bonds is 2. The fraction of sp³-hybridized carbons (Fsp3) is 0.312. The van der Waals surface area contributed by atoms with Crippen LogP contribution < -0.4 is 0 Å². The van der Waals surface area contributed by atoms with E-state index in [2.05, 4.69) is 4.99 Å². The molecule has 2 aliphatic heterocycles. The Morgan fingerprint density at radius 2 is 2.17 bits per heavy atom. The van der Waals surface area contributed by atoms with Crippen molar-refractivity contribution in [2.24, 2.45) is 4.99 Å². The zero-order valence-electron chi connectivity index (χ0n) is 12.7. The number of allylic oxidation sites excluding steroid dienone is 1. The van der Waals surface area contributed by atoms with E-state index in [-0.39, 0.29) is 5.91 Å². The van der Waals surface area contributed by atoms with E-state index >= 15 is 0 Å². The number of methoxy groups -OCH3 is 1. The van der Waals surface area contributed by atoms with Crippen LogP contribution in [0.3, 0.4) is 0 Å². The number of fused-ring (bicyclic) bond motifs is 1. The van der Waals surface area contributed by atoms with Gasteiger partial charge in [-0.3, -0.25) is 9.69 Å². The van der Waals surface area contributed by atoms with Gasteiger partial charge in [-0.2, -0.15) is 0 Å². The van der Waals surface area contributed by atoms with E-state index in [0.29, 0.717) is 39.2 Å². The Bertz CT molecular complexity index is 745. The van der Waals surface area contributed by atoms with Gasteiger partial charge in [0.05, 0.1) is 24.4 Å². The minimum absolute atomic E-state index is 0.0682. The quantitative estimate of drug-likeness (QED) is 0.769. The fourth-order valence-corrected chi connectivity index (χ4v) is 4.00. The number of aliphatic imine (C=N–C) groups is 1. The summed E-state index contributed by atoms with van der Waals surface area (Å²) in [5.41, 5.74) is 1.59. The van der Waals surface area contributed by atoms with Crippen molar-refractivity contribution in [3.05, 3.63) is 46.1 Å². The molecule has 2 aliphatic rings. The van der Waals surface area contributed by atoms with Crippen LogP contribution in [0.4, 0.5) is 0 Å². The lowest BCUT2D eigenvalue weighted by Gasteiger charge is -2.39. The Kier molecular flexibility index (Phi) is 4.46. The summed E-state index contributed by atoms with van der Waals surface area (Å²) in [4.78, 5) is 30.8. The third-order valence-electron chi connectivity index (χ3n) is 3.81. The molecule has 1 amide bonds. The van der Waals surface area contributed by atoms with Gasteiger partial charge in [0.15, 0.2) is 5.17 Å². The number of thioether (sulfide) groups is 1. The van der Waals surface area contributed by atoms with Gasteiger partial charge in [-0.1, -0.05) is 41.6 Å². The van der Waals surface area contributed by atoms with Crippen molar-refractivity contribution in [2.45, 2.75) is 19.4 Å². The number of carbonyl (C=O) groups is 2. The van der Waals surface area contributed by atoms with E-state index in [0.717, 1.165) is 0 Å². The highest BCUT2D eigenvalue weighted by Gasteiger charge is 2.42. The van der Waals surface area contributed by atoms with Gasteiger partial charge in [0.25, 0.3) is 0 Å². The maximum absolute atomic E-state index is 12.5. The molecule has 1 atom stereocenters. The summed E-state index contributed by atoms with van der Waals surface area (Å²) in [7, 11) is 1.32. The van der Waals surface area contributed by atoms with Crippen LogP contribution in [0.5, 0.6) is 0 Å². The number of hydrogen-bond acceptors (Lipinski definition) is 5. The zero-order chi connectivity index (χ0) is 16.6. The molecule has 0 N–H and O–H groups in total. The molecule has 23 heavy (non-hydrogen) atoms. The molecule has 0 aliphatic carbocycles. The molecule has 5 nitrogen and oxygen atoms in total. The van der Waals surface area contributed by atoms with Gasteiger partial charge in [0.1, 0.15) is 0 Å². The molecule has 2 heterocycles. The van der Waals surface area contributed by atoms with Crippen LogP contribution >= 0.6 is 23.4 Å². The van der Waals surface area contributed by atoms with Gasteiger partial charge in [-0.05, 0) is 18.6 Å². The molecule has 1 fully saturated rings. The molecule has 0 aromatic heterocycles. The molecule has 0 unspecified atom stereocenters. The highest BCUT2D eigenvalue weighted by atomic mass is 35.5. The molecule has 0 spiro atoms. The Morgan fingerprint density at radius 3 is 2.87 bits per heavy atom. The lowest BCUT2D eigenvalue weighted by molar-refractivity contribution is -0.137. The lowest BCUT2D eigenvalue weighted by Crippen LogP contribution is -2.45. The molecule has 1 aromatic rings. The maximum Gasteiger partial charge on any atom is 0.338 e. The molecule has 1 saturated heterocycles. The van der Waals surface area contributed by atoms with E-state index in [4.69, 9.17) is 16.3 Å². The van der Waals surface area contributed by atoms with Crippen LogP contribution in [0.15, 0.2) is 40.5 Å². The molecular formula is C16H15ClN2O3S. The fourth-order valence-electron chi connectivity index (χ4n) is 2.76. The van der Waals surface area contributed by atoms with Gasteiger partial charge in [-0.15, -0.1) is 0 Å². The predicted molar refractivity (Wildman–Crippen MR) is 90.3 cm³/mol. The molecule has 1 aromatic carbocycles. The Morgan fingerprint density at radius 1 is 1.43 bits per heavy atom. The number of nitrogens with zero attached hydrogens (tertiary/aromatic N) is 2. The van der Waals surface area contributed by atoms with Crippen molar-refractivity contribution < 1.29 is 14.3 Å². The summed E-state index contributed by atoms with van der Waals surface area (Å²) in [5, 5.41) is 1.10. The highest BCUT2D eigenvalue weighted by molar-refractivity contribution is 8.14. The molecule has 0 radical (unpaired) electrons. The van der Waals surface area contributed by atoms with Crippen molar-refractivity contribution in [2.75, 3.05) is 12.9 Å². The zero-order valence-corrected chi connectivity index (χ0v) is 14.3. The first kappa shape index (κ1) is 16.1. The average molecular weight is 351 g/mol. The van der Waals surface area contributed by atoms with Crippen molar-refractivity contribution in [3.63, 3.8) is 0 Å². The first-order valence-electron chi connectivity index (χ1n) is 7.11. The monoisotopic (exact) mass is 350 g/mol. The highest BCUT2D eigenvalue weighted by Crippen LogP contribution is 2.42. The number of esters is 1. The smallest absolute Gasteiger partial charge is 0.338 e. The van der Waals surface area contributed by atoms with Crippen molar-refractivity contribution in [1.29, 1.82) is 0 Å². The summed E-state index contributed by atoms with van der Waals surface area (Å²) in [6.07, 6.45) is 0.401. The number of benzene rings is 1. The topological polar surface area (TPSA) is 59.0 Å². The summed E-state index contributed by atoms with van der Waals surface area (Å²) in [5.74, 6) is 0.115. The Hall–Kier alpha value is -1.79. The lowest BCUT2D eigenvalue weighted by atomic mass is 9.94. The molecule has 120 valence electrons. The second-order valence-corrected chi connectivity index (χ2v) is 6.64. The van der Waals surface area contributed by atoms with Crippen LogP contribution in [-0.2, 0) is 14.3 Å². The van der Waals surface area contributed by atoms with E-state index in [1.807, 2.05) is 18.2 Å². The minimum atomic E-state index is -0.607. The number of hydrogen-bond donors (Lipinski definition) is 0. The Balaban J connectivity index is 2.22. The molecule has 3 rings (SSSR count). The van der Waals surface area contributed by atoms with Crippen molar-refractivity contribution in [3.8, 4) is 0 Å². The van der Waals surface area contributed by atoms with E-state index < -0.39 is 12.0 Å². The van der Waals surface area contributed by atoms with E-state index in [1.54, 1.807) is 17.9 Å². The largest absolute Gasteiger partial charge is 0.466 e. The Labute approximate surface area is 143 Å². The summed E-state index contributed by atoms with van der Waals surface area (Å²) >= 11 is 7.84. The van der Waals surface area contributed by atoms with Crippen LogP contribution in [0.25, 0.3) is 0 Å². The normalized spacial score (nSPS) is 21.0. The number of ether oxygens (including phenoxy) is 1. The van der Waals surface area contributed by atoms with Crippen molar-refractivity contribution >= 4 is 40.4 Å². The first-order chi connectivity index (χ1) is 11.0. The summed E-state index contributed by atoms with van der Waals surface area (Å²) in [6, 6.07) is 6.60. The van der Waals surface area contributed by atoms with E-state index in [1.165, 1.54) is 18.9 Å². The van der Waals surface area contributed by atoms with Gasteiger partial charge in [0.2, 0.25) is 5.91 Å². The second kappa shape index (κ2) is 6.37. The van der Waals surface area contributed by atoms with Gasteiger partial charge in [0, 0.05) is 17.2 Å². The van der Waals surface area contributed by atoms with Crippen LogP contribution in [0.2, 0.25) is 5.02 Å². The van der Waals surface area contributed by atoms with Crippen molar-refractivity contribution in [1.82, 2.24) is 4.90 Å². The number of amides is 1. The number of amidine groups is 1. The third-order valence-corrected chi connectivity index (χ3v) is 5.11. The predicted octanol–water partition coefficient (Wildman–Crippen LogP) is 3.16. The van der Waals surface area contributed by atoms with Crippen LogP contribution in [0.1, 0.15) is 24.9 Å². The third kappa shape index (κ3) is 2.77. The van der Waals surface area contributed by atoms with Gasteiger partial charge in [-0.25, -0.2) is 9.79 Å². The molecule has 7 heteroatoms. The summed E-state index contributed by atoms with van der Waals surface area (Å²) in [6.45, 7) is 1.75. The van der Waals surface area contributed by atoms with E-state index in [9.17, 15) is 9.59 Å². The minimum Gasteiger partial charge on any atom is -0.466 e. The average Bonchev–Trinajstić information content (AvgIpc) is 2.54.